The topological polar surface area (TPSA) is 112 Å². The van der Waals surface area contributed by atoms with Gasteiger partial charge in [-0.25, -0.2) is 0 Å². The minimum Gasteiger partial charge on any atom is -0.507 e. The highest BCUT2D eigenvalue weighted by molar-refractivity contribution is 9.10. The summed E-state index contributed by atoms with van der Waals surface area (Å²) in [6.07, 6.45) is 1.56. The van der Waals surface area contributed by atoms with E-state index in [2.05, 4.69) is 26.1 Å². The van der Waals surface area contributed by atoms with Crippen molar-refractivity contribution in [2.75, 3.05) is 7.11 Å². The van der Waals surface area contributed by atoms with Crippen LogP contribution in [-0.2, 0) is 6.54 Å². The van der Waals surface area contributed by atoms with Crippen molar-refractivity contribution in [2.45, 2.75) is 26.4 Å². The molecule has 34 heavy (non-hydrogen) atoms. The quantitative estimate of drug-likeness (QED) is 0.330. The summed E-state index contributed by atoms with van der Waals surface area (Å²) >= 11 is 3.39. The molecule has 1 aliphatic rings. The van der Waals surface area contributed by atoms with Crippen LogP contribution in [0.25, 0.3) is 11.3 Å². The Morgan fingerprint density at radius 2 is 1.97 bits per heavy atom. The lowest BCUT2D eigenvalue weighted by molar-refractivity contribution is 0.0716. The normalized spacial score (nSPS) is 15.1. The molecule has 0 saturated carbocycles. The highest BCUT2D eigenvalue weighted by Crippen LogP contribution is 2.48. The smallest absolute Gasteiger partial charge is 0.273 e. The predicted molar refractivity (Wildman–Crippen MR) is 128 cm³/mol. The number of nitrogens with zero attached hydrogens (tertiary/aromatic N) is 2. The van der Waals surface area contributed by atoms with Gasteiger partial charge < -0.3 is 24.3 Å². The maximum atomic E-state index is 13.5. The number of nitrogens with one attached hydrogen (secondary N) is 1. The molecule has 5 rings (SSSR count). The van der Waals surface area contributed by atoms with Gasteiger partial charge >= 0.3 is 0 Å². The first-order chi connectivity index (χ1) is 16.3. The number of fused-ring (bicyclic) bond motifs is 1. The third-order valence-corrected chi connectivity index (χ3v) is 6.83. The molecule has 0 fully saturated rings. The van der Waals surface area contributed by atoms with Crippen LogP contribution in [0.2, 0.25) is 0 Å². The summed E-state index contributed by atoms with van der Waals surface area (Å²) in [5, 5.41) is 28.4. The van der Waals surface area contributed by atoms with Crippen molar-refractivity contribution in [2.24, 2.45) is 0 Å². The Morgan fingerprint density at radius 1 is 1.21 bits per heavy atom. The number of phenolic OH excluding ortho intramolecular Hbond substituents is 2. The van der Waals surface area contributed by atoms with Gasteiger partial charge in [-0.15, -0.1) is 0 Å². The zero-order valence-corrected chi connectivity index (χ0v) is 20.3. The van der Waals surface area contributed by atoms with Crippen molar-refractivity contribution in [3.63, 3.8) is 0 Å². The van der Waals surface area contributed by atoms with Crippen LogP contribution in [0, 0.1) is 13.8 Å². The molecule has 0 spiro atoms. The van der Waals surface area contributed by atoms with E-state index in [1.54, 1.807) is 41.5 Å². The fraction of sp³-hybridized carbons (Fsp3) is 0.200. The van der Waals surface area contributed by atoms with Crippen LogP contribution in [0.5, 0.6) is 17.2 Å². The molecule has 1 amide bonds. The minimum absolute atomic E-state index is 0.0346. The van der Waals surface area contributed by atoms with Gasteiger partial charge in [-0.1, -0.05) is 0 Å². The molecule has 2 aromatic heterocycles. The van der Waals surface area contributed by atoms with Crippen LogP contribution in [0.15, 0.2) is 51.6 Å². The van der Waals surface area contributed by atoms with Gasteiger partial charge in [-0.2, -0.15) is 5.10 Å². The summed E-state index contributed by atoms with van der Waals surface area (Å²) in [5.74, 6) is 0.686. The predicted octanol–water partition coefficient (Wildman–Crippen LogP) is 5.21. The molecule has 3 N–H and O–H groups in total. The van der Waals surface area contributed by atoms with E-state index < -0.39 is 6.04 Å². The number of methoxy groups -OCH3 is 1. The number of rotatable bonds is 5. The average molecular weight is 524 g/mol. The maximum absolute atomic E-state index is 13.5. The number of carbonyl (C=O) groups is 1. The standard InChI is InChI=1S/C25H22BrN3O5/c1-12-7-16(18(30)8-13(12)2)21-20-22(28-27-21)25(32)29(11-15-5-4-6-34-15)23(20)14-9-17(26)24(31)19(10-14)33-3/h4-10,23,30-31H,11H2,1-3H3,(H,27,28)/t23-/m1/s1. The van der Waals surface area contributed by atoms with Gasteiger partial charge in [-0.05, 0) is 82.9 Å². The van der Waals surface area contributed by atoms with Gasteiger partial charge in [0.25, 0.3) is 5.91 Å². The van der Waals surface area contributed by atoms with Crippen LogP contribution in [0.1, 0.15) is 44.5 Å². The minimum atomic E-state index is -0.576. The number of aromatic nitrogens is 2. The Hall–Kier alpha value is -3.72. The lowest BCUT2D eigenvalue weighted by atomic mass is 9.94. The van der Waals surface area contributed by atoms with E-state index in [1.165, 1.54) is 7.11 Å². The summed E-state index contributed by atoms with van der Waals surface area (Å²) in [6.45, 7) is 4.10. The summed E-state index contributed by atoms with van der Waals surface area (Å²) in [4.78, 5) is 15.2. The molecule has 0 unspecified atom stereocenters. The Labute approximate surface area is 203 Å². The summed E-state index contributed by atoms with van der Waals surface area (Å²) in [7, 11) is 1.47. The molecule has 0 radical (unpaired) electrons. The third kappa shape index (κ3) is 3.43. The highest BCUT2D eigenvalue weighted by Gasteiger charge is 2.43. The number of ether oxygens (including phenoxy) is 1. The molecule has 0 saturated heterocycles. The monoisotopic (exact) mass is 523 g/mol. The summed E-state index contributed by atoms with van der Waals surface area (Å²) in [6, 6.07) is 10.00. The second-order valence-electron chi connectivity index (χ2n) is 8.28. The molecule has 1 atom stereocenters. The maximum Gasteiger partial charge on any atom is 0.273 e. The zero-order chi connectivity index (χ0) is 24.1. The van der Waals surface area contributed by atoms with E-state index in [0.29, 0.717) is 38.3 Å². The van der Waals surface area contributed by atoms with Gasteiger partial charge in [0.15, 0.2) is 11.5 Å². The number of hydrogen-bond donors (Lipinski definition) is 3. The average Bonchev–Trinajstić information content (AvgIpc) is 3.52. The fourth-order valence-corrected chi connectivity index (χ4v) is 4.84. The van der Waals surface area contributed by atoms with Crippen LogP contribution in [0.4, 0.5) is 0 Å². The first kappa shape index (κ1) is 22.1. The number of aromatic hydroxyl groups is 2. The van der Waals surface area contributed by atoms with E-state index in [-0.39, 0.29) is 29.7 Å². The molecule has 2 aromatic carbocycles. The molecule has 1 aliphatic heterocycles. The Morgan fingerprint density at radius 3 is 2.68 bits per heavy atom. The summed E-state index contributed by atoms with van der Waals surface area (Å²) in [5.41, 5.74) is 4.63. The Balaban J connectivity index is 1.73. The lowest BCUT2D eigenvalue weighted by Crippen LogP contribution is -2.29. The van der Waals surface area contributed by atoms with Gasteiger partial charge in [-0.3, -0.25) is 9.89 Å². The molecular formula is C25H22BrN3O5. The van der Waals surface area contributed by atoms with Gasteiger partial charge in [0, 0.05) is 11.1 Å². The number of amides is 1. The number of aromatic amines is 1. The van der Waals surface area contributed by atoms with E-state index >= 15 is 0 Å². The number of H-pyrrole nitrogens is 1. The largest absolute Gasteiger partial charge is 0.507 e. The Bertz CT molecular complexity index is 1410. The van der Waals surface area contributed by atoms with Crippen LogP contribution >= 0.6 is 15.9 Å². The molecular weight excluding hydrogens is 502 g/mol. The van der Waals surface area contributed by atoms with E-state index in [9.17, 15) is 15.0 Å². The van der Waals surface area contributed by atoms with Crippen molar-refractivity contribution in [3.8, 4) is 28.5 Å². The van der Waals surface area contributed by atoms with E-state index in [1.807, 2.05) is 19.9 Å². The number of phenols is 2. The molecule has 4 aromatic rings. The molecule has 9 heteroatoms. The first-order valence-electron chi connectivity index (χ1n) is 10.6. The number of benzene rings is 2. The third-order valence-electron chi connectivity index (χ3n) is 6.22. The fourth-order valence-electron chi connectivity index (χ4n) is 4.38. The van der Waals surface area contributed by atoms with Crippen LogP contribution < -0.4 is 4.74 Å². The second-order valence-corrected chi connectivity index (χ2v) is 9.14. The first-order valence-corrected chi connectivity index (χ1v) is 11.4. The van der Waals surface area contributed by atoms with Crippen molar-refractivity contribution < 1.29 is 24.2 Å². The molecule has 0 bridgehead atoms. The van der Waals surface area contributed by atoms with Crippen molar-refractivity contribution >= 4 is 21.8 Å². The van der Waals surface area contributed by atoms with Crippen LogP contribution in [-0.4, -0.2) is 38.3 Å². The number of carbonyl (C=O) groups excluding carboxylic acids is 1. The van der Waals surface area contributed by atoms with E-state index in [0.717, 1.165) is 11.1 Å². The Kier molecular flexibility index (Phi) is 5.36. The molecule has 3 heterocycles. The molecule has 0 aliphatic carbocycles. The van der Waals surface area contributed by atoms with E-state index in [4.69, 9.17) is 9.15 Å². The van der Waals surface area contributed by atoms with Crippen molar-refractivity contribution in [3.05, 3.63) is 80.8 Å². The van der Waals surface area contributed by atoms with Gasteiger partial charge in [0.05, 0.1) is 30.4 Å². The number of furan rings is 1. The zero-order valence-electron chi connectivity index (χ0n) is 18.7. The number of aryl methyl sites for hydroxylation is 2. The second kappa shape index (κ2) is 8.25. The number of hydrogen-bond acceptors (Lipinski definition) is 6. The SMILES string of the molecule is COc1cc([C@@H]2c3c(-c4cc(C)c(C)cc4O)n[nH]c3C(=O)N2Cc2ccco2)cc(Br)c1O. The summed E-state index contributed by atoms with van der Waals surface area (Å²) < 4.78 is 11.3. The van der Waals surface area contributed by atoms with Crippen LogP contribution in [0.3, 0.4) is 0 Å². The molecule has 174 valence electrons. The van der Waals surface area contributed by atoms with Crippen molar-refractivity contribution in [1.82, 2.24) is 15.1 Å². The lowest BCUT2D eigenvalue weighted by Gasteiger charge is -2.26. The highest BCUT2D eigenvalue weighted by atomic mass is 79.9. The van der Waals surface area contributed by atoms with Gasteiger partial charge in [0.1, 0.15) is 22.9 Å². The molecule has 8 nitrogen and oxygen atoms in total. The number of halogens is 1. The van der Waals surface area contributed by atoms with Crippen molar-refractivity contribution in [1.29, 1.82) is 0 Å². The van der Waals surface area contributed by atoms with Gasteiger partial charge in [0.2, 0.25) is 0 Å².